The molecule has 1 aliphatic rings. The van der Waals surface area contributed by atoms with Gasteiger partial charge >= 0.3 is 0 Å². The molecule has 0 unspecified atom stereocenters. The van der Waals surface area contributed by atoms with E-state index in [-0.39, 0.29) is 5.91 Å². The second-order valence-corrected chi connectivity index (χ2v) is 9.63. The molecule has 4 aromatic rings. The highest BCUT2D eigenvalue weighted by Crippen LogP contribution is 2.24. The van der Waals surface area contributed by atoms with E-state index in [1.807, 2.05) is 72.1 Å². The normalized spacial score (nSPS) is 14.5. The zero-order valence-electron chi connectivity index (χ0n) is 19.6. The van der Waals surface area contributed by atoms with Crippen LogP contribution in [0.15, 0.2) is 78.3 Å². The maximum atomic E-state index is 12.8. The maximum absolute atomic E-state index is 12.8. The predicted molar refractivity (Wildman–Crippen MR) is 142 cm³/mol. The zero-order chi connectivity index (χ0) is 24.0. The van der Waals surface area contributed by atoms with E-state index in [9.17, 15) is 4.79 Å². The number of hydrogen-bond donors (Lipinski definition) is 2. The Bertz CT molecular complexity index is 1270. The van der Waals surface area contributed by atoms with Gasteiger partial charge in [-0.25, -0.2) is 9.97 Å². The number of likely N-dealkylation sites (N-methyl/N-ethyl adjacent to an activating group) is 1. The third-order valence-corrected chi connectivity index (χ3v) is 6.92. The van der Waals surface area contributed by atoms with Gasteiger partial charge in [0.2, 0.25) is 5.95 Å². The molecular formula is C27H28N6OS. The number of nitrogens with zero attached hydrogens (tertiary/aromatic N) is 4. The number of aromatic nitrogens is 2. The molecule has 1 amide bonds. The predicted octanol–water partition coefficient (Wildman–Crippen LogP) is 4.95. The highest BCUT2D eigenvalue weighted by Gasteiger charge is 2.14. The van der Waals surface area contributed by atoms with Gasteiger partial charge in [-0.1, -0.05) is 24.3 Å². The summed E-state index contributed by atoms with van der Waals surface area (Å²) in [7, 11) is 2.16. The van der Waals surface area contributed by atoms with Crippen LogP contribution in [0.3, 0.4) is 0 Å². The minimum atomic E-state index is -0.135. The molecule has 3 heterocycles. The van der Waals surface area contributed by atoms with Gasteiger partial charge in [-0.3, -0.25) is 9.69 Å². The lowest BCUT2D eigenvalue weighted by Gasteiger charge is -2.32. The molecular weight excluding hydrogens is 456 g/mol. The monoisotopic (exact) mass is 484 g/mol. The molecule has 0 aliphatic carbocycles. The van der Waals surface area contributed by atoms with Crippen LogP contribution in [0, 0.1) is 0 Å². The van der Waals surface area contributed by atoms with Crippen LogP contribution in [0.4, 0.5) is 17.3 Å². The van der Waals surface area contributed by atoms with Gasteiger partial charge in [0.15, 0.2) is 0 Å². The molecule has 35 heavy (non-hydrogen) atoms. The van der Waals surface area contributed by atoms with E-state index in [0.717, 1.165) is 49.0 Å². The van der Waals surface area contributed by atoms with Crippen LogP contribution in [-0.4, -0.2) is 58.9 Å². The van der Waals surface area contributed by atoms with Gasteiger partial charge in [0.05, 0.1) is 10.6 Å². The van der Waals surface area contributed by atoms with Gasteiger partial charge in [0.1, 0.15) is 0 Å². The number of anilines is 3. The molecule has 0 atom stereocenters. The molecule has 7 nitrogen and oxygen atoms in total. The average molecular weight is 485 g/mol. The van der Waals surface area contributed by atoms with Crippen molar-refractivity contribution in [3.05, 3.63) is 89.4 Å². The Labute approximate surface area is 209 Å². The van der Waals surface area contributed by atoms with Gasteiger partial charge < -0.3 is 15.5 Å². The lowest BCUT2D eigenvalue weighted by Crippen LogP contribution is -2.43. The van der Waals surface area contributed by atoms with Crippen molar-refractivity contribution in [2.24, 2.45) is 0 Å². The number of amides is 1. The zero-order valence-corrected chi connectivity index (χ0v) is 20.5. The van der Waals surface area contributed by atoms with Gasteiger partial charge in [-0.2, -0.15) is 0 Å². The average Bonchev–Trinajstić information content (AvgIpc) is 3.42. The molecule has 0 radical (unpaired) electrons. The van der Waals surface area contributed by atoms with Crippen LogP contribution >= 0.6 is 11.3 Å². The van der Waals surface area contributed by atoms with E-state index < -0.39 is 0 Å². The van der Waals surface area contributed by atoms with Crippen LogP contribution in [0.5, 0.6) is 0 Å². The molecule has 2 aromatic heterocycles. The first-order valence-electron chi connectivity index (χ1n) is 11.7. The van der Waals surface area contributed by atoms with Crippen molar-refractivity contribution in [1.82, 2.24) is 19.8 Å². The Hall–Kier alpha value is -3.59. The molecule has 2 aromatic carbocycles. The van der Waals surface area contributed by atoms with Gasteiger partial charge in [0, 0.05) is 55.9 Å². The van der Waals surface area contributed by atoms with E-state index in [0.29, 0.717) is 17.2 Å². The molecule has 2 N–H and O–H groups in total. The number of carbonyl (C=O) groups excluding carboxylic acids is 1. The summed E-state index contributed by atoms with van der Waals surface area (Å²) in [4.78, 5) is 27.6. The molecule has 8 heteroatoms. The maximum Gasteiger partial charge on any atom is 0.255 e. The minimum Gasteiger partial charge on any atom is -0.324 e. The van der Waals surface area contributed by atoms with E-state index in [2.05, 4.69) is 37.4 Å². The van der Waals surface area contributed by atoms with Gasteiger partial charge in [-0.15, -0.1) is 11.3 Å². The summed E-state index contributed by atoms with van der Waals surface area (Å²) < 4.78 is 0. The number of hydrogen-bond acceptors (Lipinski definition) is 7. The number of rotatable bonds is 7. The summed E-state index contributed by atoms with van der Waals surface area (Å²) in [6.45, 7) is 5.26. The largest absolute Gasteiger partial charge is 0.324 e. The number of thiophene rings is 1. The molecule has 1 fully saturated rings. The highest BCUT2D eigenvalue weighted by molar-refractivity contribution is 7.13. The van der Waals surface area contributed by atoms with E-state index in [1.165, 1.54) is 5.56 Å². The van der Waals surface area contributed by atoms with Gasteiger partial charge in [-0.05, 0) is 60.5 Å². The first-order chi connectivity index (χ1) is 17.1. The Balaban J connectivity index is 1.20. The Kier molecular flexibility index (Phi) is 7.13. The fourth-order valence-electron chi connectivity index (χ4n) is 4.01. The molecule has 0 saturated carbocycles. The second kappa shape index (κ2) is 10.8. The Morgan fingerprint density at radius 2 is 1.77 bits per heavy atom. The first-order valence-corrected chi connectivity index (χ1v) is 12.6. The van der Waals surface area contributed by atoms with Crippen molar-refractivity contribution in [3.8, 4) is 10.6 Å². The van der Waals surface area contributed by atoms with Crippen molar-refractivity contribution in [3.63, 3.8) is 0 Å². The fourth-order valence-corrected chi connectivity index (χ4v) is 4.71. The minimum absolute atomic E-state index is 0.135. The topological polar surface area (TPSA) is 73.4 Å². The quantitative estimate of drug-likeness (QED) is 0.387. The third kappa shape index (κ3) is 6.10. The van der Waals surface area contributed by atoms with Crippen molar-refractivity contribution in [2.75, 3.05) is 43.9 Å². The second-order valence-electron chi connectivity index (χ2n) is 8.68. The Morgan fingerprint density at radius 1 is 0.971 bits per heavy atom. The lowest BCUT2D eigenvalue weighted by atomic mass is 10.1. The number of benzene rings is 2. The molecule has 5 rings (SSSR count). The van der Waals surface area contributed by atoms with Crippen LogP contribution in [0.2, 0.25) is 0 Å². The Morgan fingerprint density at radius 3 is 2.54 bits per heavy atom. The standard InChI is InChI=1S/C27H28N6OS/c1-32-13-15-33(16-14-32)19-20-7-9-21(10-8-20)26(34)29-22-4-2-5-23(18-22)30-27-28-12-11-24(31-27)25-6-3-17-35-25/h2-12,17-18H,13-16,19H2,1H3,(H,29,34)(H,28,30,31). The van der Waals surface area contributed by atoms with E-state index in [4.69, 9.17) is 0 Å². The van der Waals surface area contributed by atoms with E-state index in [1.54, 1.807) is 17.5 Å². The molecule has 178 valence electrons. The van der Waals surface area contributed by atoms with Crippen LogP contribution < -0.4 is 10.6 Å². The number of carbonyl (C=O) groups is 1. The molecule has 0 bridgehead atoms. The smallest absolute Gasteiger partial charge is 0.255 e. The summed E-state index contributed by atoms with van der Waals surface area (Å²) in [6.07, 6.45) is 1.74. The summed E-state index contributed by atoms with van der Waals surface area (Å²) in [5.41, 5.74) is 4.24. The number of piperazine rings is 1. The van der Waals surface area contributed by atoms with Crippen molar-refractivity contribution in [2.45, 2.75) is 6.54 Å². The highest BCUT2D eigenvalue weighted by atomic mass is 32.1. The van der Waals surface area contributed by atoms with Crippen LogP contribution in [0.25, 0.3) is 10.6 Å². The number of nitrogens with one attached hydrogen (secondary N) is 2. The third-order valence-electron chi connectivity index (χ3n) is 6.02. The van der Waals surface area contributed by atoms with Crippen molar-refractivity contribution >= 4 is 34.6 Å². The van der Waals surface area contributed by atoms with E-state index >= 15 is 0 Å². The molecule has 0 spiro atoms. The summed E-state index contributed by atoms with van der Waals surface area (Å²) in [5, 5.41) is 8.25. The van der Waals surface area contributed by atoms with Crippen LogP contribution in [0.1, 0.15) is 15.9 Å². The van der Waals surface area contributed by atoms with Crippen LogP contribution in [-0.2, 0) is 6.54 Å². The fraction of sp³-hybridized carbons (Fsp3) is 0.222. The molecule has 1 aliphatic heterocycles. The molecule has 1 saturated heterocycles. The first kappa shape index (κ1) is 23.2. The SMILES string of the molecule is CN1CCN(Cc2ccc(C(=O)Nc3cccc(Nc4nccc(-c5cccs5)n4)c3)cc2)CC1. The van der Waals surface area contributed by atoms with Crippen molar-refractivity contribution in [1.29, 1.82) is 0 Å². The van der Waals surface area contributed by atoms with Crippen molar-refractivity contribution < 1.29 is 4.79 Å². The summed E-state index contributed by atoms with van der Waals surface area (Å²) in [6, 6.07) is 21.4. The summed E-state index contributed by atoms with van der Waals surface area (Å²) >= 11 is 1.64. The summed E-state index contributed by atoms with van der Waals surface area (Å²) in [5.74, 6) is 0.375. The lowest BCUT2D eigenvalue weighted by molar-refractivity contribution is 0.102. The van der Waals surface area contributed by atoms with Gasteiger partial charge in [0.25, 0.3) is 5.91 Å².